The zero-order valence-electron chi connectivity index (χ0n) is 37.3. The van der Waals surface area contributed by atoms with Gasteiger partial charge in [0.25, 0.3) is 0 Å². The van der Waals surface area contributed by atoms with Gasteiger partial charge in [-0.05, 0) is 126 Å². The smallest absolute Gasteiger partial charge is 0.156 e. The second-order valence-electron chi connectivity index (χ2n) is 18.3. The first kappa shape index (κ1) is 38.3. The molecule has 15 aromatic rings. The predicted octanol–water partition coefficient (Wildman–Crippen LogP) is 18.1. The first-order valence-electron chi connectivity index (χ1n) is 23.6. The molecule has 0 saturated heterocycles. The van der Waals surface area contributed by atoms with Crippen molar-refractivity contribution in [2.75, 3.05) is 0 Å². The molecule has 0 spiro atoms. The lowest BCUT2D eigenvalue weighted by Gasteiger charge is -2.14. The summed E-state index contributed by atoms with van der Waals surface area (Å²) < 4.78 is 7.28. The van der Waals surface area contributed by atoms with E-state index in [1.165, 1.54) is 113 Å². The zero-order chi connectivity index (χ0) is 45.2. The van der Waals surface area contributed by atoms with Gasteiger partial charge >= 0.3 is 0 Å². The van der Waals surface area contributed by atoms with Crippen molar-refractivity contribution in [1.82, 2.24) is 14.0 Å². The quantitative estimate of drug-likeness (QED) is 0.169. The third-order valence-electron chi connectivity index (χ3n) is 14.5. The van der Waals surface area contributed by atoms with Gasteiger partial charge in [0.2, 0.25) is 0 Å². The Morgan fingerprint density at radius 2 is 0.884 bits per heavy atom. The van der Waals surface area contributed by atoms with Crippen LogP contribution in [0.5, 0.6) is 0 Å². The molecule has 0 N–H and O–H groups in total. The van der Waals surface area contributed by atoms with Crippen molar-refractivity contribution in [3.05, 3.63) is 237 Å². The van der Waals surface area contributed by atoms with Crippen LogP contribution in [0, 0.1) is 0 Å². The Morgan fingerprint density at radius 3 is 1.59 bits per heavy atom. The number of para-hydroxylation sites is 2. The van der Waals surface area contributed by atoms with Gasteiger partial charge in [-0.2, -0.15) is 0 Å². The Labute approximate surface area is 401 Å². The van der Waals surface area contributed by atoms with Gasteiger partial charge in [-0.15, -0.1) is 11.3 Å². The van der Waals surface area contributed by atoms with Crippen molar-refractivity contribution < 1.29 is 0 Å². The van der Waals surface area contributed by atoms with E-state index >= 15 is 0 Å². The van der Waals surface area contributed by atoms with Crippen LogP contribution in [-0.4, -0.2) is 14.0 Å². The van der Waals surface area contributed by atoms with E-state index in [4.69, 9.17) is 4.98 Å². The average Bonchev–Trinajstić information content (AvgIpc) is 4.08. The minimum absolute atomic E-state index is 1.00. The predicted molar refractivity (Wildman–Crippen MR) is 294 cm³/mol. The highest BCUT2D eigenvalue weighted by molar-refractivity contribution is 7.26. The lowest BCUT2D eigenvalue weighted by molar-refractivity contribution is 1.18. The van der Waals surface area contributed by atoms with Gasteiger partial charge in [0.1, 0.15) is 0 Å². The number of nitrogens with zero attached hydrogens (tertiary/aromatic N) is 3. The van der Waals surface area contributed by atoms with E-state index in [0.717, 1.165) is 27.9 Å². The molecule has 0 fully saturated rings. The number of hydrogen-bond acceptors (Lipinski definition) is 2. The summed E-state index contributed by atoms with van der Waals surface area (Å²) in [6.07, 6.45) is 0. The highest BCUT2D eigenvalue weighted by atomic mass is 32.1. The molecular weight excluding hydrogens is 855 g/mol. The summed E-state index contributed by atoms with van der Waals surface area (Å²) in [6.45, 7) is 0. The molecule has 4 heteroatoms. The van der Waals surface area contributed by atoms with E-state index in [-0.39, 0.29) is 0 Å². The van der Waals surface area contributed by atoms with Crippen molar-refractivity contribution >= 4 is 102 Å². The Hall–Kier alpha value is -8.83. The molecule has 15 rings (SSSR count). The van der Waals surface area contributed by atoms with Crippen molar-refractivity contribution in [3.63, 3.8) is 0 Å². The molecule has 0 amide bonds. The molecule has 3 nitrogen and oxygen atoms in total. The highest BCUT2D eigenvalue weighted by Gasteiger charge is 2.20. The SMILES string of the molecule is c1ccc(-n2c3ccccc3c3ccc(-c4ccc(-c5ccc(-c6ccc(-c7cc8c9cc%10ccccc%10cc9sc8c8nc9cc%10ccccc%10cc9n78)cc6)c6ccccc56)cc4)cc32)cc1. The topological polar surface area (TPSA) is 22.2 Å². The van der Waals surface area contributed by atoms with E-state index < -0.39 is 0 Å². The molecule has 0 bridgehead atoms. The van der Waals surface area contributed by atoms with Crippen LogP contribution in [-0.2, 0) is 0 Å². The highest BCUT2D eigenvalue weighted by Crippen LogP contribution is 2.44. The molecule has 0 radical (unpaired) electrons. The van der Waals surface area contributed by atoms with Crippen molar-refractivity contribution in [3.8, 4) is 50.3 Å². The van der Waals surface area contributed by atoms with E-state index in [1.54, 1.807) is 0 Å². The summed E-state index contributed by atoms with van der Waals surface area (Å²) in [4.78, 5) is 5.40. The van der Waals surface area contributed by atoms with Crippen LogP contribution in [0.15, 0.2) is 237 Å². The summed E-state index contributed by atoms with van der Waals surface area (Å²) in [5.74, 6) is 0. The fourth-order valence-corrected chi connectivity index (χ4v) is 12.3. The number of aromatic nitrogens is 3. The lowest BCUT2D eigenvalue weighted by Crippen LogP contribution is -1.93. The largest absolute Gasteiger partial charge is 0.309 e. The fraction of sp³-hybridized carbons (Fsp3) is 0. The lowest BCUT2D eigenvalue weighted by atomic mass is 9.91. The standard InChI is InChI=1S/C65H39N3S/c1-2-16-49(17-3-1)67-59-21-11-10-20-54(59)55-31-30-48(36-61(55)67)40-22-24-41(25-23-40)50-32-33-51(53-19-9-8-18-52(50)53)42-26-28-43(29-27-42)60-39-57-56-34-44-12-4-7-15-47(44)38-63(56)69-64(57)65-66-58-35-45-13-5-6-14-46(45)37-62(58)68(60)65/h1-39H. The molecule has 0 saturated carbocycles. The van der Waals surface area contributed by atoms with Gasteiger partial charge in [-0.3, -0.25) is 4.40 Å². The first-order chi connectivity index (χ1) is 34.2. The number of benzene rings is 11. The molecule has 0 aliphatic rings. The van der Waals surface area contributed by atoms with Crippen molar-refractivity contribution in [1.29, 1.82) is 0 Å². The first-order valence-corrected chi connectivity index (χ1v) is 24.4. The Balaban J connectivity index is 0.820. The van der Waals surface area contributed by atoms with Gasteiger partial charge in [0, 0.05) is 31.9 Å². The van der Waals surface area contributed by atoms with Crippen LogP contribution in [0.25, 0.3) is 141 Å². The number of imidazole rings is 1. The molecule has 69 heavy (non-hydrogen) atoms. The summed E-state index contributed by atoms with van der Waals surface area (Å²) >= 11 is 1.85. The molecule has 11 aromatic carbocycles. The fourth-order valence-electron chi connectivity index (χ4n) is 11.2. The summed E-state index contributed by atoms with van der Waals surface area (Å²) in [5, 5.41) is 12.4. The second-order valence-corrected chi connectivity index (χ2v) is 19.4. The minimum Gasteiger partial charge on any atom is -0.309 e. The van der Waals surface area contributed by atoms with Crippen LogP contribution in [0.4, 0.5) is 0 Å². The molecule has 0 aliphatic carbocycles. The molecule has 4 aromatic heterocycles. The number of thiophene rings is 1. The monoisotopic (exact) mass is 893 g/mol. The van der Waals surface area contributed by atoms with Crippen LogP contribution in [0.3, 0.4) is 0 Å². The Kier molecular flexibility index (Phi) is 8.23. The molecule has 320 valence electrons. The van der Waals surface area contributed by atoms with Gasteiger partial charge in [0.15, 0.2) is 5.65 Å². The van der Waals surface area contributed by atoms with E-state index in [1.807, 2.05) is 11.3 Å². The molecule has 0 unspecified atom stereocenters. The number of fused-ring (bicyclic) bond motifs is 13. The van der Waals surface area contributed by atoms with E-state index in [2.05, 4.69) is 246 Å². The zero-order valence-corrected chi connectivity index (χ0v) is 38.1. The third kappa shape index (κ3) is 5.89. The molecule has 0 atom stereocenters. The maximum Gasteiger partial charge on any atom is 0.156 e. The Morgan fingerprint density at radius 1 is 0.333 bits per heavy atom. The van der Waals surface area contributed by atoms with Crippen LogP contribution >= 0.6 is 11.3 Å². The second kappa shape index (κ2) is 14.8. The third-order valence-corrected chi connectivity index (χ3v) is 15.6. The number of rotatable bonds is 5. The van der Waals surface area contributed by atoms with Crippen molar-refractivity contribution in [2.45, 2.75) is 0 Å². The molecule has 0 aliphatic heterocycles. The van der Waals surface area contributed by atoms with Gasteiger partial charge in [0.05, 0.1) is 32.5 Å². The maximum atomic E-state index is 5.40. The number of pyridine rings is 1. The van der Waals surface area contributed by atoms with Crippen LogP contribution < -0.4 is 0 Å². The molecular formula is C65H39N3S. The van der Waals surface area contributed by atoms with Gasteiger partial charge in [-0.25, -0.2) is 4.98 Å². The Bertz CT molecular complexity index is 4570. The minimum atomic E-state index is 1.00. The molecule has 4 heterocycles. The van der Waals surface area contributed by atoms with E-state index in [9.17, 15) is 0 Å². The van der Waals surface area contributed by atoms with Gasteiger partial charge < -0.3 is 4.57 Å². The average molecular weight is 894 g/mol. The van der Waals surface area contributed by atoms with Crippen LogP contribution in [0.2, 0.25) is 0 Å². The summed E-state index contributed by atoms with van der Waals surface area (Å²) in [7, 11) is 0. The van der Waals surface area contributed by atoms with E-state index in [0.29, 0.717) is 0 Å². The maximum absolute atomic E-state index is 5.40. The van der Waals surface area contributed by atoms with Crippen LogP contribution in [0.1, 0.15) is 0 Å². The summed E-state index contributed by atoms with van der Waals surface area (Å²) in [6, 6.07) is 87.0. The summed E-state index contributed by atoms with van der Waals surface area (Å²) in [5.41, 5.74) is 16.2. The normalized spacial score (nSPS) is 12.1. The van der Waals surface area contributed by atoms with Gasteiger partial charge in [-0.1, -0.05) is 182 Å². The van der Waals surface area contributed by atoms with Crippen molar-refractivity contribution in [2.24, 2.45) is 0 Å². The number of hydrogen-bond donors (Lipinski definition) is 0.